The summed E-state index contributed by atoms with van der Waals surface area (Å²) >= 11 is 0. The van der Waals surface area contributed by atoms with E-state index in [1.54, 1.807) is 0 Å². The minimum absolute atomic E-state index is 0.0515. The average Bonchev–Trinajstić information content (AvgIpc) is 3.02. The van der Waals surface area contributed by atoms with Crippen LogP contribution in [0.5, 0.6) is 0 Å². The van der Waals surface area contributed by atoms with Gasteiger partial charge in [-0.1, -0.05) is 30.3 Å². The molecular formula is C20H20N2O2. The molecule has 1 aliphatic rings. The van der Waals surface area contributed by atoms with Gasteiger partial charge in [0.1, 0.15) is 6.10 Å². The van der Waals surface area contributed by atoms with Crippen LogP contribution >= 0.6 is 0 Å². The smallest absolute Gasteiger partial charge is 0.254 e. The third-order valence-corrected chi connectivity index (χ3v) is 4.66. The molecule has 0 bridgehead atoms. The predicted octanol–water partition coefficient (Wildman–Crippen LogP) is 3.39. The van der Waals surface area contributed by atoms with Crippen LogP contribution in [0.4, 0.5) is 0 Å². The fourth-order valence-electron chi connectivity index (χ4n) is 3.30. The van der Waals surface area contributed by atoms with Crippen LogP contribution in [0.15, 0.2) is 60.8 Å². The van der Waals surface area contributed by atoms with Gasteiger partial charge in [-0.25, -0.2) is 0 Å². The Morgan fingerprint density at radius 1 is 1.12 bits per heavy atom. The summed E-state index contributed by atoms with van der Waals surface area (Å²) < 4.78 is 7.92. The lowest BCUT2D eigenvalue weighted by molar-refractivity contribution is -0.0228. The summed E-state index contributed by atoms with van der Waals surface area (Å²) in [5.41, 5.74) is 2.99. The number of carbonyl (C=O) groups excluding carboxylic acids is 1. The molecular weight excluding hydrogens is 300 g/mol. The van der Waals surface area contributed by atoms with E-state index < -0.39 is 0 Å². The molecule has 0 aliphatic carbocycles. The monoisotopic (exact) mass is 320 g/mol. The van der Waals surface area contributed by atoms with E-state index in [9.17, 15) is 4.79 Å². The zero-order valence-electron chi connectivity index (χ0n) is 13.7. The molecule has 0 N–H and O–H groups in total. The molecule has 1 fully saturated rings. The van der Waals surface area contributed by atoms with E-state index in [4.69, 9.17) is 4.74 Å². The van der Waals surface area contributed by atoms with Gasteiger partial charge in [0.2, 0.25) is 0 Å². The standard InChI is InChI=1S/C20H20N2O2/c1-21-10-9-16-13-17(7-8-18(16)21)20(23)22-11-12-24-19(14-22)15-5-3-2-4-6-15/h2-10,13,19H,11-12,14H2,1H3/t19-/m0/s1. The molecule has 2 heterocycles. The van der Waals surface area contributed by atoms with E-state index in [0.29, 0.717) is 19.7 Å². The molecule has 2 aromatic carbocycles. The summed E-state index contributed by atoms with van der Waals surface area (Å²) in [5, 5.41) is 1.09. The van der Waals surface area contributed by atoms with Gasteiger partial charge in [0, 0.05) is 36.3 Å². The summed E-state index contributed by atoms with van der Waals surface area (Å²) in [7, 11) is 2.01. The number of amides is 1. The van der Waals surface area contributed by atoms with Crippen molar-refractivity contribution in [3.63, 3.8) is 0 Å². The van der Waals surface area contributed by atoms with E-state index in [1.165, 1.54) is 0 Å². The Balaban J connectivity index is 1.56. The lowest BCUT2D eigenvalue weighted by atomic mass is 10.1. The number of hydrogen-bond donors (Lipinski definition) is 0. The molecule has 122 valence electrons. The van der Waals surface area contributed by atoms with Crippen LogP contribution < -0.4 is 0 Å². The Bertz CT molecular complexity index is 870. The van der Waals surface area contributed by atoms with Crippen molar-refractivity contribution in [2.24, 2.45) is 7.05 Å². The average molecular weight is 320 g/mol. The molecule has 1 saturated heterocycles. The quantitative estimate of drug-likeness (QED) is 0.725. The number of ether oxygens (including phenoxy) is 1. The summed E-state index contributed by atoms with van der Waals surface area (Å²) in [6.07, 6.45) is 1.96. The molecule has 4 rings (SSSR count). The minimum Gasteiger partial charge on any atom is -0.370 e. The van der Waals surface area contributed by atoms with Gasteiger partial charge in [-0.05, 0) is 29.8 Å². The van der Waals surface area contributed by atoms with Gasteiger partial charge in [-0.15, -0.1) is 0 Å². The van der Waals surface area contributed by atoms with Crippen molar-refractivity contribution in [2.45, 2.75) is 6.10 Å². The number of morpholine rings is 1. The number of carbonyl (C=O) groups is 1. The van der Waals surface area contributed by atoms with Crippen molar-refractivity contribution in [2.75, 3.05) is 19.7 Å². The van der Waals surface area contributed by atoms with Crippen LogP contribution in [0.2, 0.25) is 0 Å². The number of benzene rings is 2. The molecule has 0 radical (unpaired) electrons. The molecule has 0 spiro atoms. The van der Waals surface area contributed by atoms with Gasteiger partial charge >= 0.3 is 0 Å². The Morgan fingerprint density at radius 3 is 2.79 bits per heavy atom. The number of hydrogen-bond acceptors (Lipinski definition) is 2. The van der Waals surface area contributed by atoms with Gasteiger partial charge < -0.3 is 14.2 Å². The highest BCUT2D eigenvalue weighted by molar-refractivity contribution is 5.98. The van der Waals surface area contributed by atoms with Gasteiger partial charge in [0.05, 0.1) is 13.2 Å². The third kappa shape index (κ3) is 2.69. The zero-order valence-corrected chi connectivity index (χ0v) is 13.7. The summed E-state index contributed by atoms with van der Waals surface area (Å²) in [4.78, 5) is 14.8. The second kappa shape index (κ2) is 6.13. The Morgan fingerprint density at radius 2 is 1.96 bits per heavy atom. The van der Waals surface area contributed by atoms with Gasteiger partial charge in [0.25, 0.3) is 5.91 Å². The van der Waals surface area contributed by atoms with E-state index in [2.05, 4.69) is 16.7 Å². The lowest BCUT2D eigenvalue weighted by Gasteiger charge is -2.33. The highest BCUT2D eigenvalue weighted by atomic mass is 16.5. The SMILES string of the molecule is Cn1ccc2cc(C(=O)N3CCO[C@H](c4ccccc4)C3)ccc21. The maximum Gasteiger partial charge on any atom is 0.254 e. The van der Waals surface area contributed by atoms with Gasteiger partial charge in [-0.3, -0.25) is 4.79 Å². The molecule has 4 heteroatoms. The molecule has 4 nitrogen and oxygen atoms in total. The van der Waals surface area contributed by atoms with E-state index >= 15 is 0 Å². The van der Waals surface area contributed by atoms with Crippen LogP contribution in [0.1, 0.15) is 22.0 Å². The fourth-order valence-corrected chi connectivity index (χ4v) is 3.30. The molecule has 1 amide bonds. The molecule has 1 atom stereocenters. The van der Waals surface area contributed by atoms with Crippen LogP contribution in [-0.4, -0.2) is 35.1 Å². The van der Waals surface area contributed by atoms with E-state index in [0.717, 1.165) is 22.0 Å². The number of fused-ring (bicyclic) bond motifs is 1. The first kappa shape index (κ1) is 15.0. The second-order valence-electron chi connectivity index (χ2n) is 6.22. The lowest BCUT2D eigenvalue weighted by Crippen LogP contribution is -2.42. The second-order valence-corrected chi connectivity index (χ2v) is 6.22. The first-order valence-corrected chi connectivity index (χ1v) is 8.23. The first-order valence-electron chi connectivity index (χ1n) is 8.23. The molecule has 3 aromatic rings. The highest BCUT2D eigenvalue weighted by Crippen LogP contribution is 2.24. The topological polar surface area (TPSA) is 34.5 Å². The number of nitrogens with zero attached hydrogens (tertiary/aromatic N) is 2. The number of aromatic nitrogens is 1. The summed E-state index contributed by atoms with van der Waals surface area (Å²) in [6.45, 7) is 1.80. The molecule has 1 aliphatic heterocycles. The first-order chi connectivity index (χ1) is 11.7. The van der Waals surface area contributed by atoms with E-state index in [-0.39, 0.29) is 12.0 Å². The third-order valence-electron chi connectivity index (χ3n) is 4.66. The Kier molecular flexibility index (Phi) is 3.82. The molecule has 24 heavy (non-hydrogen) atoms. The molecule has 0 unspecified atom stereocenters. The minimum atomic E-state index is -0.0515. The summed E-state index contributed by atoms with van der Waals surface area (Å²) in [6, 6.07) is 18.0. The van der Waals surface area contributed by atoms with Crippen molar-refractivity contribution in [1.29, 1.82) is 0 Å². The molecule has 1 aromatic heterocycles. The van der Waals surface area contributed by atoms with Crippen LogP contribution in [0, 0.1) is 0 Å². The zero-order chi connectivity index (χ0) is 16.5. The Labute approximate surface area is 141 Å². The van der Waals surface area contributed by atoms with Crippen molar-refractivity contribution in [3.05, 3.63) is 71.9 Å². The highest BCUT2D eigenvalue weighted by Gasteiger charge is 2.26. The van der Waals surface area contributed by atoms with Crippen molar-refractivity contribution >= 4 is 16.8 Å². The van der Waals surface area contributed by atoms with Crippen LogP contribution in [-0.2, 0) is 11.8 Å². The Hall–Kier alpha value is -2.59. The van der Waals surface area contributed by atoms with Crippen molar-refractivity contribution < 1.29 is 9.53 Å². The number of aryl methyl sites for hydroxylation is 1. The van der Waals surface area contributed by atoms with Crippen molar-refractivity contribution in [3.8, 4) is 0 Å². The number of rotatable bonds is 2. The van der Waals surface area contributed by atoms with Crippen LogP contribution in [0.3, 0.4) is 0 Å². The molecule has 0 saturated carbocycles. The summed E-state index contributed by atoms with van der Waals surface area (Å²) in [5.74, 6) is 0.0741. The largest absolute Gasteiger partial charge is 0.370 e. The van der Waals surface area contributed by atoms with Crippen LogP contribution in [0.25, 0.3) is 10.9 Å². The van der Waals surface area contributed by atoms with E-state index in [1.807, 2.05) is 60.6 Å². The maximum absolute atomic E-state index is 12.9. The predicted molar refractivity (Wildman–Crippen MR) is 94.0 cm³/mol. The maximum atomic E-state index is 12.9. The van der Waals surface area contributed by atoms with Gasteiger partial charge in [-0.2, -0.15) is 0 Å². The van der Waals surface area contributed by atoms with Gasteiger partial charge in [0.15, 0.2) is 0 Å². The normalized spacial score (nSPS) is 18.0. The van der Waals surface area contributed by atoms with Crippen molar-refractivity contribution in [1.82, 2.24) is 9.47 Å². The fraction of sp³-hybridized carbons (Fsp3) is 0.250.